The number of carbonyl (C=O) groups is 1. The molecular formula is C13H8F7N3O2. The number of rotatable bonds is 5. The van der Waals surface area contributed by atoms with Crippen molar-refractivity contribution in [1.82, 2.24) is 9.94 Å². The standard InChI is InChI=1S/C13H8F7N3O2/c14-11(15)13(19,20)25-23-6-8(9(22-23)12(16,17)18)10(24)21-7-4-2-1-3-5-7/h1-6,11H,(H,21,24). The van der Waals surface area contributed by atoms with Gasteiger partial charge in [0.1, 0.15) is 0 Å². The topological polar surface area (TPSA) is 56.2 Å². The van der Waals surface area contributed by atoms with E-state index < -0.39 is 40.7 Å². The minimum atomic E-state index is -5.21. The van der Waals surface area contributed by atoms with Gasteiger partial charge >= 0.3 is 18.7 Å². The van der Waals surface area contributed by atoms with Crippen molar-refractivity contribution < 1.29 is 40.4 Å². The molecule has 0 spiro atoms. The molecule has 136 valence electrons. The third-order valence-corrected chi connectivity index (χ3v) is 2.71. The highest BCUT2D eigenvalue weighted by molar-refractivity contribution is 6.05. The highest BCUT2D eigenvalue weighted by atomic mass is 19.4. The Bertz CT molecular complexity index is 744. The van der Waals surface area contributed by atoms with Crippen LogP contribution in [0, 0.1) is 0 Å². The normalized spacial score (nSPS) is 12.3. The molecule has 12 heteroatoms. The zero-order valence-electron chi connectivity index (χ0n) is 11.9. The molecule has 5 nitrogen and oxygen atoms in total. The van der Waals surface area contributed by atoms with Crippen molar-refractivity contribution in [2.45, 2.75) is 18.7 Å². The predicted octanol–water partition coefficient (Wildman–Crippen LogP) is 3.44. The molecule has 1 N–H and O–H groups in total. The first kappa shape index (κ1) is 18.5. The van der Waals surface area contributed by atoms with E-state index >= 15 is 0 Å². The van der Waals surface area contributed by atoms with E-state index in [-0.39, 0.29) is 11.9 Å². The van der Waals surface area contributed by atoms with Crippen LogP contribution in [-0.4, -0.2) is 28.4 Å². The van der Waals surface area contributed by atoms with E-state index in [2.05, 4.69) is 15.3 Å². The van der Waals surface area contributed by atoms with Crippen molar-refractivity contribution in [2.24, 2.45) is 0 Å². The van der Waals surface area contributed by atoms with Crippen LogP contribution in [0.5, 0.6) is 0 Å². The van der Waals surface area contributed by atoms with Gasteiger partial charge in [-0.1, -0.05) is 23.0 Å². The molecular weight excluding hydrogens is 363 g/mol. The van der Waals surface area contributed by atoms with Crippen molar-refractivity contribution in [1.29, 1.82) is 0 Å². The van der Waals surface area contributed by atoms with E-state index in [0.29, 0.717) is 0 Å². The fraction of sp³-hybridized carbons (Fsp3) is 0.231. The summed E-state index contributed by atoms with van der Waals surface area (Å²) in [5.74, 6) is -1.34. The van der Waals surface area contributed by atoms with E-state index in [9.17, 15) is 35.5 Å². The molecule has 0 aliphatic carbocycles. The maximum atomic E-state index is 12.9. The number of nitrogens with one attached hydrogen (secondary N) is 1. The van der Waals surface area contributed by atoms with Gasteiger partial charge in [0.15, 0.2) is 5.69 Å². The summed E-state index contributed by atoms with van der Waals surface area (Å²) in [6.07, 6.45) is -14.5. The van der Waals surface area contributed by atoms with Gasteiger partial charge in [0.2, 0.25) is 0 Å². The molecule has 25 heavy (non-hydrogen) atoms. The Morgan fingerprint density at radius 3 is 2.24 bits per heavy atom. The number of benzene rings is 1. The summed E-state index contributed by atoms with van der Waals surface area (Å²) < 4.78 is 88.5. The van der Waals surface area contributed by atoms with Crippen molar-refractivity contribution in [3.8, 4) is 0 Å². The van der Waals surface area contributed by atoms with Crippen LogP contribution < -0.4 is 10.2 Å². The molecule has 0 aliphatic heterocycles. The monoisotopic (exact) mass is 371 g/mol. The first-order valence-corrected chi connectivity index (χ1v) is 6.39. The minimum Gasteiger partial charge on any atom is -0.322 e. The number of para-hydroxylation sites is 1. The fourth-order valence-corrected chi connectivity index (χ4v) is 1.66. The van der Waals surface area contributed by atoms with E-state index in [1.165, 1.54) is 24.3 Å². The molecule has 0 radical (unpaired) electrons. The van der Waals surface area contributed by atoms with Crippen LogP contribution in [0.25, 0.3) is 0 Å². The number of alkyl halides is 7. The Balaban J connectivity index is 2.34. The third kappa shape index (κ3) is 4.39. The average Bonchev–Trinajstić information content (AvgIpc) is 2.91. The molecule has 1 aromatic heterocycles. The molecule has 0 fully saturated rings. The highest BCUT2D eigenvalue weighted by Crippen LogP contribution is 2.31. The van der Waals surface area contributed by atoms with Gasteiger partial charge in [-0.15, -0.1) is 5.10 Å². The fourth-order valence-electron chi connectivity index (χ4n) is 1.66. The third-order valence-electron chi connectivity index (χ3n) is 2.71. The SMILES string of the molecule is O=C(Nc1ccccc1)c1cn(OC(F)(F)C(F)F)nc1C(F)(F)F. The van der Waals surface area contributed by atoms with E-state index in [1.807, 2.05) is 0 Å². The van der Waals surface area contributed by atoms with Crippen molar-refractivity contribution in [3.05, 3.63) is 47.8 Å². The number of hydrogen-bond donors (Lipinski definition) is 1. The van der Waals surface area contributed by atoms with Crippen molar-refractivity contribution in [2.75, 3.05) is 5.32 Å². The Kier molecular flexibility index (Phi) is 4.90. The predicted molar refractivity (Wildman–Crippen MR) is 69.2 cm³/mol. The van der Waals surface area contributed by atoms with Crippen LogP contribution in [0.15, 0.2) is 36.5 Å². The molecule has 2 rings (SSSR count). The summed E-state index contributed by atoms with van der Waals surface area (Å²) >= 11 is 0. The number of amides is 1. The van der Waals surface area contributed by atoms with Crippen molar-refractivity contribution in [3.63, 3.8) is 0 Å². The minimum absolute atomic E-state index is 0.118. The number of halogens is 7. The molecule has 0 atom stereocenters. The first-order chi connectivity index (χ1) is 11.5. The van der Waals surface area contributed by atoms with Crippen LogP contribution >= 0.6 is 0 Å². The summed E-state index contributed by atoms with van der Waals surface area (Å²) in [6, 6.07) is 7.26. The van der Waals surface area contributed by atoms with Crippen LogP contribution in [0.1, 0.15) is 16.1 Å². The van der Waals surface area contributed by atoms with E-state index in [4.69, 9.17) is 0 Å². The van der Waals surface area contributed by atoms with E-state index in [0.717, 1.165) is 0 Å². The number of carbonyl (C=O) groups excluding carboxylic acids is 1. The lowest BCUT2D eigenvalue weighted by Crippen LogP contribution is -2.39. The molecule has 0 saturated heterocycles. The molecule has 1 aromatic carbocycles. The average molecular weight is 371 g/mol. The second-order valence-corrected chi connectivity index (χ2v) is 4.57. The molecule has 0 unspecified atom stereocenters. The number of nitrogens with zero attached hydrogens (tertiary/aromatic N) is 2. The number of aromatic nitrogens is 2. The van der Waals surface area contributed by atoms with Crippen LogP contribution in [0.2, 0.25) is 0 Å². The van der Waals surface area contributed by atoms with Gasteiger partial charge < -0.3 is 10.2 Å². The molecule has 1 amide bonds. The zero-order valence-corrected chi connectivity index (χ0v) is 11.9. The molecule has 1 heterocycles. The van der Waals surface area contributed by atoms with Crippen LogP contribution in [0.4, 0.5) is 36.4 Å². The quantitative estimate of drug-likeness (QED) is 0.820. The lowest BCUT2D eigenvalue weighted by molar-refractivity contribution is -0.305. The Hall–Kier alpha value is -2.79. The maximum Gasteiger partial charge on any atom is 0.480 e. The van der Waals surface area contributed by atoms with Crippen LogP contribution in [-0.2, 0) is 6.18 Å². The molecule has 0 aliphatic rings. The first-order valence-electron chi connectivity index (χ1n) is 6.39. The summed E-state index contributed by atoms with van der Waals surface area (Å²) in [5, 5.41) is 4.69. The summed E-state index contributed by atoms with van der Waals surface area (Å²) in [5.41, 5.74) is -2.93. The molecule has 0 saturated carbocycles. The van der Waals surface area contributed by atoms with Crippen LogP contribution in [0.3, 0.4) is 0 Å². The highest BCUT2D eigenvalue weighted by Gasteiger charge is 2.46. The van der Waals surface area contributed by atoms with Gasteiger partial charge in [0.25, 0.3) is 5.91 Å². The Morgan fingerprint density at radius 2 is 1.72 bits per heavy atom. The second kappa shape index (κ2) is 6.61. The lowest BCUT2D eigenvalue weighted by atomic mass is 10.2. The molecule has 2 aromatic rings. The van der Waals surface area contributed by atoms with Gasteiger partial charge in [-0.25, -0.2) is 0 Å². The second-order valence-electron chi connectivity index (χ2n) is 4.57. The lowest BCUT2D eigenvalue weighted by Gasteiger charge is -2.15. The zero-order chi connectivity index (χ0) is 18.8. The Labute approximate surface area is 134 Å². The van der Waals surface area contributed by atoms with Gasteiger partial charge in [-0.3, -0.25) is 4.79 Å². The summed E-state index contributed by atoms with van der Waals surface area (Å²) in [4.78, 5) is 14.8. The molecule has 0 bridgehead atoms. The Morgan fingerprint density at radius 1 is 1.12 bits per heavy atom. The van der Waals surface area contributed by atoms with Gasteiger partial charge in [0.05, 0.1) is 11.8 Å². The van der Waals surface area contributed by atoms with Crippen molar-refractivity contribution >= 4 is 11.6 Å². The van der Waals surface area contributed by atoms with Gasteiger partial charge in [0, 0.05) is 5.69 Å². The largest absolute Gasteiger partial charge is 0.480 e. The summed E-state index contributed by atoms with van der Waals surface area (Å²) in [6.45, 7) is 0. The maximum absolute atomic E-state index is 12.9. The number of anilines is 1. The van der Waals surface area contributed by atoms with E-state index in [1.54, 1.807) is 6.07 Å². The number of hydrogen-bond acceptors (Lipinski definition) is 3. The van der Waals surface area contributed by atoms with Gasteiger partial charge in [-0.2, -0.15) is 30.7 Å². The van der Waals surface area contributed by atoms with Gasteiger partial charge in [-0.05, 0) is 12.1 Å². The summed E-state index contributed by atoms with van der Waals surface area (Å²) in [7, 11) is 0. The smallest absolute Gasteiger partial charge is 0.322 e.